The summed E-state index contributed by atoms with van der Waals surface area (Å²) in [5, 5.41) is 28.7. The zero-order valence-electron chi connectivity index (χ0n) is 10.0. The molecule has 2 atom stereocenters. The van der Waals surface area contributed by atoms with Crippen LogP contribution < -0.4 is 10.5 Å². The number of rotatable bonds is 6. The van der Waals surface area contributed by atoms with Crippen molar-refractivity contribution in [3.8, 4) is 5.75 Å². The van der Waals surface area contributed by atoms with Crippen LogP contribution in [0.15, 0.2) is 18.2 Å². The molecule has 1 aromatic rings. The Hall–Kier alpha value is -1.63. The van der Waals surface area contributed by atoms with Gasteiger partial charge in [0.2, 0.25) is 0 Å². The van der Waals surface area contributed by atoms with Gasteiger partial charge in [0.25, 0.3) is 0 Å². The van der Waals surface area contributed by atoms with E-state index >= 15 is 0 Å². The molecule has 1 rings (SSSR count). The number of aromatic carboxylic acids is 1. The molecule has 100 valence electrons. The lowest BCUT2D eigenvalue weighted by atomic mass is 9.97. The number of hydrogen-bond donors (Lipinski definition) is 4. The van der Waals surface area contributed by atoms with Crippen LogP contribution in [0.1, 0.15) is 28.4 Å². The summed E-state index contributed by atoms with van der Waals surface area (Å²) in [7, 11) is 1.43. The monoisotopic (exact) mass is 255 g/mol. The number of carboxylic acid groups (broad SMARTS) is 1. The van der Waals surface area contributed by atoms with Gasteiger partial charge in [-0.05, 0) is 31.2 Å². The van der Waals surface area contributed by atoms with Gasteiger partial charge in [-0.1, -0.05) is 0 Å². The van der Waals surface area contributed by atoms with E-state index in [1.54, 1.807) is 0 Å². The topological polar surface area (TPSA) is 113 Å². The largest absolute Gasteiger partial charge is 0.497 e. The molecule has 0 aliphatic rings. The molecule has 18 heavy (non-hydrogen) atoms. The van der Waals surface area contributed by atoms with Crippen molar-refractivity contribution in [3.05, 3.63) is 29.3 Å². The summed E-state index contributed by atoms with van der Waals surface area (Å²) in [5.41, 5.74) is 5.33. The van der Waals surface area contributed by atoms with E-state index in [1.807, 2.05) is 0 Å². The van der Waals surface area contributed by atoms with E-state index in [-0.39, 0.29) is 24.1 Å². The molecule has 0 heterocycles. The summed E-state index contributed by atoms with van der Waals surface area (Å²) in [6.07, 6.45) is -2.24. The fourth-order valence-corrected chi connectivity index (χ4v) is 1.64. The molecule has 0 radical (unpaired) electrons. The summed E-state index contributed by atoms with van der Waals surface area (Å²) in [6, 6.07) is 4.21. The quantitative estimate of drug-likeness (QED) is 0.575. The molecule has 1 aromatic carbocycles. The highest BCUT2D eigenvalue weighted by molar-refractivity contribution is 5.89. The highest BCUT2D eigenvalue weighted by Gasteiger charge is 2.23. The van der Waals surface area contributed by atoms with Crippen molar-refractivity contribution in [2.45, 2.75) is 18.6 Å². The molecule has 0 aliphatic carbocycles. The Morgan fingerprint density at radius 3 is 2.61 bits per heavy atom. The Morgan fingerprint density at radius 2 is 2.11 bits per heavy atom. The number of methoxy groups -OCH3 is 1. The third-order valence-electron chi connectivity index (χ3n) is 2.63. The summed E-state index contributed by atoms with van der Waals surface area (Å²) in [6.45, 7) is 0.199. The minimum atomic E-state index is -1.31. The number of benzene rings is 1. The van der Waals surface area contributed by atoms with Gasteiger partial charge in [0.05, 0.1) is 18.8 Å². The lowest BCUT2D eigenvalue weighted by molar-refractivity contribution is 0.0140. The van der Waals surface area contributed by atoms with Crippen LogP contribution in [0.3, 0.4) is 0 Å². The standard InChI is InChI=1S/C12H17NO5/c1-18-7-2-3-8(12(16)17)9(6-7)11(15)10(14)4-5-13/h2-3,6,10-11,14-15H,4-5,13H2,1H3,(H,16,17). The van der Waals surface area contributed by atoms with Gasteiger partial charge in [0.15, 0.2) is 0 Å². The number of hydrogen-bond acceptors (Lipinski definition) is 5. The third kappa shape index (κ3) is 3.19. The predicted octanol–water partition coefficient (Wildman–Crippen LogP) is 0.136. The van der Waals surface area contributed by atoms with E-state index in [9.17, 15) is 15.0 Å². The molecule has 0 bridgehead atoms. The lowest BCUT2D eigenvalue weighted by Crippen LogP contribution is -2.23. The second-order valence-corrected chi connectivity index (χ2v) is 3.85. The number of aliphatic hydroxyl groups excluding tert-OH is 2. The van der Waals surface area contributed by atoms with Crippen LogP contribution in [0.2, 0.25) is 0 Å². The Kier molecular flexibility index (Phi) is 5.08. The summed E-state index contributed by atoms with van der Waals surface area (Å²) < 4.78 is 4.97. The van der Waals surface area contributed by atoms with Crippen molar-refractivity contribution in [1.82, 2.24) is 0 Å². The molecule has 0 saturated carbocycles. The molecular formula is C12H17NO5. The summed E-state index contributed by atoms with van der Waals surface area (Å²) >= 11 is 0. The van der Waals surface area contributed by atoms with Crippen LogP contribution >= 0.6 is 0 Å². The Bertz CT molecular complexity index is 421. The van der Waals surface area contributed by atoms with Crippen molar-refractivity contribution >= 4 is 5.97 Å². The van der Waals surface area contributed by atoms with E-state index in [0.29, 0.717) is 5.75 Å². The van der Waals surface area contributed by atoms with Crippen LogP contribution in [0.4, 0.5) is 0 Å². The first-order chi connectivity index (χ1) is 8.51. The molecule has 2 unspecified atom stereocenters. The molecule has 6 nitrogen and oxygen atoms in total. The molecule has 0 aromatic heterocycles. The highest BCUT2D eigenvalue weighted by atomic mass is 16.5. The fourth-order valence-electron chi connectivity index (χ4n) is 1.64. The van der Waals surface area contributed by atoms with Crippen molar-refractivity contribution in [3.63, 3.8) is 0 Å². The maximum absolute atomic E-state index is 11.0. The first-order valence-corrected chi connectivity index (χ1v) is 5.48. The summed E-state index contributed by atoms with van der Waals surface area (Å²) in [4.78, 5) is 11.0. The molecule has 5 N–H and O–H groups in total. The van der Waals surface area contributed by atoms with Crippen molar-refractivity contribution in [2.24, 2.45) is 5.73 Å². The maximum atomic E-state index is 11.0. The van der Waals surface area contributed by atoms with Crippen LogP contribution in [0, 0.1) is 0 Å². The van der Waals surface area contributed by atoms with Crippen LogP contribution in [-0.2, 0) is 0 Å². The van der Waals surface area contributed by atoms with Gasteiger partial charge in [0.1, 0.15) is 11.9 Å². The van der Waals surface area contributed by atoms with Gasteiger partial charge >= 0.3 is 5.97 Å². The van der Waals surface area contributed by atoms with Crippen molar-refractivity contribution < 1.29 is 24.9 Å². The predicted molar refractivity (Wildman–Crippen MR) is 64.6 cm³/mol. The van der Waals surface area contributed by atoms with Gasteiger partial charge < -0.3 is 25.8 Å². The Labute approximate surface area is 105 Å². The van der Waals surface area contributed by atoms with Crippen LogP contribution in [0.25, 0.3) is 0 Å². The Balaban J connectivity index is 3.14. The molecule has 0 amide bonds. The summed E-state index contributed by atoms with van der Waals surface area (Å²) in [5.74, 6) is -0.763. The van der Waals surface area contributed by atoms with Gasteiger partial charge in [-0.2, -0.15) is 0 Å². The van der Waals surface area contributed by atoms with Crippen LogP contribution in [0.5, 0.6) is 5.75 Å². The fraction of sp³-hybridized carbons (Fsp3) is 0.417. The average molecular weight is 255 g/mol. The molecule has 0 spiro atoms. The average Bonchev–Trinajstić information content (AvgIpc) is 2.37. The number of ether oxygens (including phenoxy) is 1. The first-order valence-electron chi connectivity index (χ1n) is 5.48. The van der Waals surface area contributed by atoms with Gasteiger partial charge in [0, 0.05) is 5.56 Å². The highest BCUT2D eigenvalue weighted by Crippen LogP contribution is 2.26. The van der Waals surface area contributed by atoms with E-state index in [2.05, 4.69) is 0 Å². The van der Waals surface area contributed by atoms with E-state index < -0.39 is 18.2 Å². The Morgan fingerprint density at radius 1 is 1.44 bits per heavy atom. The molecule has 6 heteroatoms. The van der Waals surface area contributed by atoms with Crippen molar-refractivity contribution in [1.29, 1.82) is 0 Å². The maximum Gasteiger partial charge on any atom is 0.336 e. The molecule has 0 saturated heterocycles. The van der Waals surface area contributed by atoms with Gasteiger partial charge in [-0.15, -0.1) is 0 Å². The van der Waals surface area contributed by atoms with Gasteiger partial charge in [-0.3, -0.25) is 0 Å². The minimum absolute atomic E-state index is 0.0700. The van der Waals surface area contributed by atoms with Crippen LogP contribution in [-0.4, -0.2) is 41.0 Å². The zero-order chi connectivity index (χ0) is 13.7. The molecule has 0 fully saturated rings. The zero-order valence-corrected chi connectivity index (χ0v) is 10.0. The second-order valence-electron chi connectivity index (χ2n) is 3.85. The van der Waals surface area contributed by atoms with E-state index in [4.69, 9.17) is 15.6 Å². The normalized spacial score (nSPS) is 14.0. The number of nitrogens with two attached hydrogens (primary N) is 1. The third-order valence-corrected chi connectivity index (χ3v) is 2.63. The first kappa shape index (κ1) is 14.4. The molecular weight excluding hydrogens is 238 g/mol. The number of carboxylic acids is 1. The second kappa shape index (κ2) is 6.34. The van der Waals surface area contributed by atoms with E-state index in [1.165, 1.54) is 25.3 Å². The minimum Gasteiger partial charge on any atom is -0.497 e. The SMILES string of the molecule is COc1ccc(C(=O)O)c(C(O)C(O)CCN)c1. The van der Waals surface area contributed by atoms with Gasteiger partial charge in [-0.25, -0.2) is 4.79 Å². The smallest absolute Gasteiger partial charge is 0.336 e. The number of aliphatic hydroxyl groups is 2. The lowest BCUT2D eigenvalue weighted by Gasteiger charge is -2.19. The van der Waals surface area contributed by atoms with Crippen molar-refractivity contribution in [2.75, 3.05) is 13.7 Å². The molecule has 0 aliphatic heterocycles. The number of carbonyl (C=O) groups is 1. The van der Waals surface area contributed by atoms with E-state index in [0.717, 1.165) is 0 Å².